The molecule has 0 rings (SSSR count). The van der Waals surface area contributed by atoms with Crippen molar-refractivity contribution in [2.45, 2.75) is 439 Å². The highest BCUT2D eigenvalue weighted by Crippen LogP contribution is 2.45. The summed E-state index contributed by atoms with van der Waals surface area (Å²) < 4.78 is 68.8. The smallest absolute Gasteiger partial charge is 0.462 e. The lowest BCUT2D eigenvalue weighted by molar-refractivity contribution is -0.161. The summed E-state index contributed by atoms with van der Waals surface area (Å²) in [4.78, 5) is 73.1. The van der Waals surface area contributed by atoms with E-state index in [-0.39, 0.29) is 25.7 Å². The van der Waals surface area contributed by atoms with Gasteiger partial charge in [-0.25, -0.2) is 9.13 Å². The molecule has 0 saturated carbocycles. The molecule has 0 aromatic rings. The Morgan fingerprint density at radius 2 is 0.460 bits per heavy atom. The molecule has 0 bridgehead atoms. The van der Waals surface area contributed by atoms with Gasteiger partial charge >= 0.3 is 39.5 Å². The van der Waals surface area contributed by atoms with Gasteiger partial charge in [-0.3, -0.25) is 37.3 Å². The number of ether oxygens (including phenoxy) is 4. The van der Waals surface area contributed by atoms with Gasteiger partial charge in [-0.05, 0) is 43.4 Å². The Morgan fingerprint density at radius 1 is 0.270 bits per heavy atom. The van der Waals surface area contributed by atoms with Crippen LogP contribution in [0.1, 0.15) is 421 Å². The third-order valence-electron chi connectivity index (χ3n) is 18.9. The Balaban J connectivity index is 5.27. The Bertz CT molecular complexity index is 1940. The van der Waals surface area contributed by atoms with Crippen LogP contribution in [0.4, 0.5) is 0 Å². The average molecular weight is 1470 g/mol. The second kappa shape index (κ2) is 71.3. The van der Waals surface area contributed by atoms with Gasteiger partial charge in [-0.15, -0.1) is 0 Å². The number of aliphatic hydroxyl groups excluding tert-OH is 1. The van der Waals surface area contributed by atoms with Crippen LogP contribution in [0.5, 0.6) is 0 Å². The van der Waals surface area contributed by atoms with Crippen molar-refractivity contribution < 1.29 is 80.2 Å². The molecule has 594 valence electrons. The van der Waals surface area contributed by atoms with Crippen molar-refractivity contribution in [3.8, 4) is 0 Å². The number of esters is 4. The minimum absolute atomic E-state index is 0.106. The average Bonchev–Trinajstić information content (AvgIpc) is 0.922. The quantitative estimate of drug-likeness (QED) is 0.0222. The molecule has 17 nitrogen and oxygen atoms in total. The maximum absolute atomic E-state index is 13.1. The van der Waals surface area contributed by atoms with E-state index in [9.17, 15) is 43.2 Å². The van der Waals surface area contributed by atoms with Crippen LogP contribution in [-0.2, 0) is 65.4 Å². The summed E-state index contributed by atoms with van der Waals surface area (Å²) in [6.45, 7) is 12.0. The molecule has 0 heterocycles. The molecule has 0 spiro atoms. The Labute approximate surface area is 613 Å². The predicted molar refractivity (Wildman–Crippen MR) is 409 cm³/mol. The minimum atomic E-state index is -4.96. The first kappa shape index (κ1) is 98.1. The van der Waals surface area contributed by atoms with Crippen molar-refractivity contribution in [2.75, 3.05) is 39.6 Å². The molecule has 2 unspecified atom stereocenters. The van der Waals surface area contributed by atoms with Gasteiger partial charge in [0.25, 0.3) is 0 Å². The Kier molecular flexibility index (Phi) is 69.9. The van der Waals surface area contributed by atoms with E-state index in [4.69, 9.17) is 37.0 Å². The van der Waals surface area contributed by atoms with Gasteiger partial charge in [-0.1, -0.05) is 370 Å². The minimum Gasteiger partial charge on any atom is -0.462 e. The number of phosphoric ester groups is 2. The molecule has 0 aliphatic rings. The summed E-state index contributed by atoms with van der Waals surface area (Å²) in [7, 11) is -9.92. The van der Waals surface area contributed by atoms with Gasteiger partial charge in [0.15, 0.2) is 12.2 Å². The molecule has 0 aliphatic heterocycles. The molecule has 0 radical (unpaired) electrons. The van der Waals surface area contributed by atoms with Gasteiger partial charge in [0, 0.05) is 25.7 Å². The van der Waals surface area contributed by atoms with Crippen LogP contribution in [-0.4, -0.2) is 96.7 Å². The molecule has 0 amide bonds. The number of aliphatic hydroxyl groups is 1. The zero-order valence-corrected chi connectivity index (χ0v) is 67.5. The lowest BCUT2D eigenvalue weighted by Crippen LogP contribution is -2.30. The number of hydrogen-bond donors (Lipinski definition) is 3. The van der Waals surface area contributed by atoms with Crippen molar-refractivity contribution in [2.24, 2.45) is 17.8 Å². The molecular formula is C81H158O17P2. The fourth-order valence-electron chi connectivity index (χ4n) is 12.5. The zero-order chi connectivity index (χ0) is 73.7. The van der Waals surface area contributed by atoms with Crippen LogP contribution in [0.3, 0.4) is 0 Å². The van der Waals surface area contributed by atoms with E-state index in [0.29, 0.717) is 25.7 Å². The van der Waals surface area contributed by atoms with Gasteiger partial charge in [0.1, 0.15) is 19.3 Å². The van der Waals surface area contributed by atoms with Crippen molar-refractivity contribution in [1.29, 1.82) is 0 Å². The van der Waals surface area contributed by atoms with Crippen molar-refractivity contribution in [3.05, 3.63) is 0 Å². The first-order valence-electron chi connectivity index (χ1n) is 41.8. The van der Waals surface area contributed by atoms with Crippen LogP contribution in [0.2, 0.25) is 0 Å². The summed E-state index contributed by atoms with van der Waals surface area (Å²) in [5.41, 5.74) is 0. The van der Waals surface area contributed by atoms with Gasteiger partial charge in [0.05, 0.1) is 26.4 Å². The third kappa shape index (κ3) is 74.3. The number of rotatable bonds is 79. The summed E-state index contributed by atoms with van der Waals surface area (Å²) in [5, 5.41) is 10.6. The lowest BCUT2D eigenvalue weighted by atomic mass is 10.0. The summed E-state index contributed by atoms with van der Waals surface area (Å²) in [6.07, 6.45) is 59.6. The van der Waals surface area contributed by atoms with E-state index >= 15 is 0 Å². The third-order valence-corrected chi connectivity index (χ3v) is 20.8. The van der Waals surface area contributed by atoms with Crippen LogP contribution in [0.25, 0.3) is 0 Å². The maximum Gasteiger partial charge on any atom is 0.472 e. The van der Waals surface area contributed by atoms with Gasteiger partial charge < -0.3 is 33.8 Å². The molecule has 0 fully saturated rings. The van der Waals surface area contributed by atoms with Gasteiger partial charge in [0.2, 0.25) is 0 Å². The van der Waals surface area contributed by atoms with E-state index < -0.39 is 97.5 Å². The predicted octanol–water partition coefficient (Wildman–Crippen LogP) is 24.1. The standard InChI is InChI=1S/C81H158O17P2/c1-8-9-10-11-12-13-14-15-16-17-18-22-25-34-41-48-55-62-78(83)91-68-76(97-80(85)64-57-50-43-36-26-23-20-19-21-24-31-38-45-52-59-72(2)3)70-95-99(87,88)93-66-75(82)67-94-100(89,90)96-71-77(98-81(86)65-58-51-44-37-30-28-33-40-47-54-61-74(6)7)69-92-79(84)63-56-49-42-35-29-27-32-39-46-53-60-73(4)5/h72-77,82H,8-71H2,1-7H3,(H,87,88)(H,89,90)/t75-,76-,77-/m1/s1. The number of unbranched alkanes of at least 4 members (excludes halogenated alkanes) is 47. The van der Waals surface area contributed by atoms with Crippen molar-refractivity contribution >= 4 is 39.5 Å². The van der Waals surface area contributed by atoms with Crippen molar-refractivity contribution in [1.82, 2.24) is 0 Å². The number of phosphoric acid groups is 2. The molecule has 0 aromatic carbocycles. The zero-order valence-electron chi connectivity index (χ0n) is 65.7. The second-order valence-corrected chi connectivity index (χ2v) is 33.5. The molecule has 3 N–H and O–H groups in total. The molecule has 0 aromatic heterocycles. The lowest BCUT2D eigenvalue weighted by Gasteiger charge is -2.21. The second-order valence-electron chi connectivity index (χ2n) is 30.6. The number of carbonyl (C=O) groups excluding carboxylic acids is 4. The van der Waals surface area contributed by atoms with Crippen LogP contribution in [0, 0.1) is 17.8 Å². The molecule has 19 heteroatoms. The van der Waals surface area contributed by atoms with E-state index in [2.05, 4.69) is 48.5 Å². The summed E-state index contributed by atoms with van der Waals surface area (Å²) in [5.74, 6) is 0.196. The SMILES string of the molecule is CCCCCCCCCCCCCCCCCCCC(=O)OC[C@H](COP(=O)(O)OC[C@@H](O)COP(=O)(O)OC[C@@H](COC(=O)CCCCCCCCCCCCC(C)C)OC(=O)CCCCCCCCCCCCC(C)C)OC(=O)CCCCCCCCCCCCCCCCC(C)C. The van der Waals surface area contributed by atoms with Crippen LogP contribution in [0.15, 0.2) is 0 Å². The summed E-state index contributed by atoms with van der Waals surface area (Å²) in [6, 6.07) is 0. The largest absolute Gasteiger partial charge is 0.472 e. The molecule has 0 aliphatic carbocycles. The fraction of sp³-hybridized carbons (Fsp3) is 0.951. The normalized spacial score (nSPS) is 14.0. The monoisotopic (exact) mass is 1470 g/mol. The first-order chi connectivity index (χ1) is 48.2. The molecule has 0 saturated heterocycles. The van der Waals surface area contributed by atoms with Gasteiger partial charge in [-0.2, -0.15) is 0 Å². The van der Waals surface area contributed by atoms with Crippen molar-refractivity contribution in [3.63, 3.8) is 0 Å². The maximum atomic E-state index is 13.1. The molecular weight excluding hydrogens is 1310 g/mol. The fourth-order valence-corrected chi connectivity index (χ4v) is 14.1. The first-order valence-corrected chi connectivity index (χ1v) is 44.8. The molecule has 100 heavy (non-hydrogen) atoms. The van der Waals surface area contributed by atoms with E-state index in [1.807, 2.05) is 0 Å². The highest BCUT2D eigenvalue weighted by molar-refractivity contribution is 7.47. The van der Waals surface area contributed by atoms with E-state index in [1.54, 1.807) is 0 Å². The van der Waals surface area contributed by atoms with Crippen LogP contribution >= 0.6 is 15.6 Å². The summed E-state index contributed by atoms with van der Waals surface area (Å²) >= 11 is 0. The topological polar surface area (TPSA) is 237 Å². The Hall–Kier alpha value is -1.94. The number of hydrogen-bond acceptors (Lipinski definition) is 15. The highest BCUT2D eigenvalue weighted by Gasteiger charge is 2.30. The Morgan fingerprint density at radius 3 is 0.680 bits per heavy atom. The number of carbonyl (C=O) groups is 4. The van der Waals surface area contributed by atoms with E-state index in [0.717, 1.165) is 108 Å². The highest BCUT2D eigenvalue weighted by atomic mass is 31.2. The molecule has 5 atom stereocenters. The van der Waals surface area contributed by atoms with E-state index in [1.165, 1.54) is 231 Å². The van der Waals surface area contributed by atoms with Crippen LogP contribution < -0.4 is 0 Å².